The second-order valence-electron chi connectivity index (χ2n) is 1.87. The van der Waals surface area contributed by atoms with E-state index in [1.165, 1.54) is 0 Å². The minimum atomic E-state index is 0.0524. The summed E-state index contributed by atoms with van der Waals surface area (Å²) in [5.41, 5.74) is 0. The van der Waals surface area contributed by atoms with Crippen LogP contribution in [0.5, 0.6) is 0 Å². The first kappa shape index (κ1) is 7.64. The van der Waals surface area contributed by atoms with E-state index in [0.29, 0.717) is 12.2 Å². The van der Waals surface area contributed by atoms with Gasteiger partial charge in [-0.25, -0.2) is 4.98 Å². The Morgan fingerprint density at radius 3 is 2.90 bits per heavy atom. The minimum absolute atomic E-state index is 0.0524. The van der Waals surface area contributed by atoms with E-state index in [0.717, 1.165) is 5.82 Å². The number of aromatic amines is 1. The van der Waals surface area contributed by atoms with Crippen molar-refractivity contribution in [1.29, 1.82) is 0 Å². The van der Waals surface area contributed by atoms with E-state index < -0.39 is 0 Å². The summed E-state index contributed by atoms with van der Waals surface area (Å²) in [7, 11) is 0. The van der Waals surface area contributed by atoms with Crippen LogP contribution >= 0.6 is 22.6 Å². The third kappa shape index (κ3) is 2.05. The monoisotopic (exact) mass is 251 g/mol. The Bertz CT molecular complexity index is 245. The zero-order chi connectivity index (χ0) is 7.56. The van der Waals surface area contributed by atoms with Crippen LogP contribution in [0.25, 0.3) is 0 Å². The maximum absolute atomic E-state index is 10.5. The fourth-order valence-corrected chi connectivity index (χ4v) is 0.934. The van der Waals surface area contributed by atoms with Gasteiger partial charge < -0.3 is 0 Å². The topological polar surface area (TPSA) is 58.6 Å². The molecule has 0 unspecified atom stereocenters. The van der Waals surface area contributed by atoms with Gasteiger partial charge in [0, 0.05) is 22.6 Å². The normalized spacial score (nSPS) is 9.80. The number of carbonyl (C=O) groups excluding carboxylic acids is 1. The molecule has 0 amide bonds. The third-order valence-corrected chi connectivity index (χ3v) is 1.32. The van der Waals surface area contributed by atoms with Crippen LogP contribution in [0.1, 0.15) is 11.6 Å². The molecular formula is C5H6IN3O. The maximum Gasteiger partial charge on any atom is 0.200 e. The van der Waals surface area contributed by atoms with Gasteiger partial charge in [0.2, 0.25) is 0 Å². The zero-order valence-electron chi connectivity index (χ0n) is 5.39. The second-order valence-corrected chi connectivity index (χ2v) is 3.07. The van der Waals surface area contributed by atoms with Gasteiger partial charge in [-0.1, -0.05) is 0 Å². The first-order chi connectivity index (χ1) is 4.68. The summed E-state index contributed by atoms with van der Waals surface area (Å²) >= 11 is 1.72. The highest BCUT2D eigenvalue weighted by atomic mass is 127. The van der Waals surface area contributed by atoms with Crippen LogP contribution in [0.4, 0.5) is 0 Å². The third-order valence-electron chi connectivity index (χ3n) is 0.941. The first-order valence-electron chi connectivity index (χ1n) is 2.74. The summed E-state index contributed by atoms with van der Waals surface area (Å²) in [5.74, 6) is 1.31. The summed E-state index contributed by atoms with van der Waals surface area (Å²) < 4.78 is 0.0524. The number of H-pyrrole nitrogens is 1. The highest BCUT2D eigenvalue weighted by molar-refractivity contribution is 14.1. The van der Waals surface area contributed by atoms with Crippen LogP contribution in [0.2, 0.25) is 0 Å². The summed E-state index contributed by atoms with van der Waals surface area (Å²) in [4.78, 5) is 14.5. The lowest BCUT2D eigenvalue weighted by molar-refractivity contribution is -0.108. The molecule has 0 spiro atoms. The van der Waals surface area contributed by atoms with Gasteiger partial charge >= 0.3 is 0 Å². The van der Waals surface area contributed by atoms with E-state index >= 15 is 0 Å². The number of halogens is 1. The number of aromatic nitrogens is 3. The van der Waals surface area contributed by atoms with E-state index in [4.69, 9.17) is 0 Å². The fourth-order valence-electron chi connectivity index (χ4n) is 0.592. The van der Waals surface area contributed by atoms with Crippen molar-refractivity contribution in [3.63, 3.8) is 0 Å². The molecule has 0 aliphatic rings. The van der Waals surface area contributed by atoms with E-state index in [1.807, 2.05) is 0 Å². The predicted molar refractivity (Wildman–Crippen MR) is 43.9 cm³/mol. The number of hydrogen-bond acceptors (Lipinski definition) is 3. The lowest BCUT2D eigenvalue weighted by Gasteiger charge is -1.82. The highest BCUT2D eigenvalue weighted by Gasteiger charge is 2.02. The summed E-state index contributed by atoms with van der Waals surface area (Å²) in [6.07, 6.45) is 0.310. The largest absolute Gasteiger partial charge is 0.287 e. The van der Waals surface area contributed by atoms with Crippen molar-refractivity contribution >= 4 is 26.4 Å². The fraction of sp³-hybridized carbons (Fsp3) is 0.400. The molecule has 5 heteroatoms. The van der Waals surface area contributed by atoms with Crippen molar-refractivity contribution < 1.29 is 4.79 Å². The van der Waals surface area contributed by atoms with Crippen LogP contribution in [0.15, 0.2) is 0 Å². The Balaban J connectivity index is 2.67. The van der Waals surface area contributed by atoms with Crippen molar-refractivity contribution in [2.24, 2.45) is 0 Å². The van der Waals surface area contributed by atoms with Crippen LogP contribution in [-0.2, 0) is 11.2 Å². The average molecular weight is 251 g/mol. The van der Waals surface area contributed by atoms with Gasteiger partial charge in [-0.05, 0) is 6.92 Å². The minimum Gasteiger partial charge on any atom is -0.287 e. The SMILES string of the molecule is Cc1nc(CC(=O)I)n[nH]1. The van der Waals surface area contributed by atoms with E-state index in [9.17, 15) is 4.79 Å². The Hall–Kier alpha value is -0.460. The molecule has 0 atom stereocenters. The molecule has 10 heavy (non-hydrogen) atoms. The first-order valence-corrected chi connectivity index (χ1v) is 3.82. The van der Waals surface area contributed by atoms with Gasteiger partial charge in [0.25, 0.3) is 0 Å². The van der Waals surface area contributed by atoms with Gasteiger partial charge in [0.15, 0.2) is 9.61 Å². The van der Waals surface area contributed by atoms with Crippen molar-refractivity contribution in [3.8, 4) is 0 Å². The molecule has 54 valence electrons. The van der Waals surface area contributed by atoms with Gasteiger partial charge in [-0.15, -0.1) is 0 Å². The van der Waals surface area contributed by atoms with Crippen molar-refractivity contribution in [2.75, 3.05) is 0 Å². The molecule has 0 radical (unpaired) electrons. The summed E-state index contributed by atoms with van der Waals surface area (Å²) in [6, 6.07) is 0. The van der Waals surface area contributed by atoms with Gasteiger partial charge in [0.1, 0.15) is 5.82 Å². The quantitative estimate of drug-likeness (QED) is 0.619. The Morgan fingerprint density at radius 2 is 2.50 bits per heavy atom. The van der Waals surface area contributed by atoms with E-state index in [-0.39, 0.29) is 3.79 Å². The van der Waals surface area contributed by atoms with Crippen LogP contribution < -0.4 is 0 Å². The number of nitrogens with one attached hydrogen (secondary N) is 1. The molecule has 0 saturated heterocycles. The lowest BCUT2D eigenvalue weighted by Crippen LogP contribution is -1.94. The molecule has 0 saturated carbocycles. The summed E-state index contributed by atoms with van der Waals surface area (Å²) in [6.45, 7) is 1.80. The maximum atomic E-state index is 10.5. The van der Waals surface area contributed by atoms with Crippen molar-refractivity contribution in [2.45, 2.75) is 13.3 Å². The van der Waals surface area contributed by atoms with Gasteiger partial charge in [0.05, 0.1) is 6.42 Å². The molecule has 1 N–H and O–H groups in total. The number of aryl methyl sites for hydroxylation is 1. The van der Waals surface area contributed by atoms with Crippen molar-refractivity contribution in [1.82, 2.24) is 15.2 Å². The molecule has 4 nitrogen and oxygen atoms in total. The van der Waals surface area contributed by atoms with E-state index in [1.54, 1.807) is 29.5 Å². The average Bonchev–Trinajstić information content (AvgIpc) is 2.13. The molecule has 1 aromatic heterocycles. The second kappa shape index (κ2) is 3.09. The van der Waals surface area contributed by atoms with E-state index in [2.05, 4.69) is 15.2 Å². The number of nitrogens with zero attached hydrogens (tertiary/aromatic N) is 2. The van der Waals surface area contributed by atoms with Gasteiger partial charge in [-0.3, -0.25) is 9.89 Å². The number of hydrogen-bond donors (Lipinski definition) is 1. The Morgan fingerprint density at radius 1 is 1.80 bits per heavy atom. The van der Waals surface area contributed by atoms with Crippen molar-refractivity contribution in [3.05, 3.63) is 11.6 Å². The summed E-state index contributed by atoms with van der Waals surface area (Å²) in [5, 5.41) is 6.45. The predicted octanol–water partition coefficient (Wildman–Crippen LogP) is 0.617. The highest BCUT2D eigenvalue weighted by Crippen LogP contribution is 1.96. The van der Waals surface area contributed by atoms with Gasteiger partial charge in [-0.2, -0.15) is 5.10 Å². The molecule has 1 rings (SSSR count). The standard InChI is InChI=1S/C5H6IN3O/c1-3-7-5(9-8-3)2-4(6)10/h2H2,1H3,(H,7,8,9). The smallest absolute Gasteiger partial charge is 0.200 e. The van der Waals surface area contributed by atoms with Crippen LogP contribution in [0.3, 0.4) is 0 Å². The molecular weight excluding hydrogens is 245 g/mol. The molecule has 0 aliphatic carbocycles. The molecule has 1 aromatic rings. The number of carbonyl (C=O) groups is 1. The zero-order valence-corrected chi connectivity index (χ0v) is 7.55. The molecule has 0 aromatic carbocycles. The lowest BCUT2D eigenvalue weighted by atomic mass is 10.5. The molecule has 0 bridgehead atoms. The number of rotatable bonds is 2. The molecule has 1 heterocycles. The molecule has 0 aliphatic heterocycles. The Labute approximate surface area is 71.6 Å². The van der Waals surface area contributed by atoms with Crippen LogP contribution in [-0.4, -0.2) is 19.0 Å². The molecule has 0 fully saturated rings. The van der Waals surface area contributed by atoms with Crippen LogP contribution in [0, 0.1) is 6.92 Å². The Kier molecular flexibility index (Phi) is 2.36.